The largest absolute Gasteiger partial charge is 0.504 e. The molecule has 4 nitrogen and oxygen atoms in total. The van der Waals surface area contributed by atoms with Crippen LogP contribution in [0.5, 0.6) is 11.5 Å². The molecule has 0 aliphatic heterocycles. The van der Waals surface area contributed by atoms with Crippen LogP contribution in [-0.4, -0.2) is 22.3 Å². The molecule has 0 radical (unpaired) electrons. The molecule has 1 aromatic rings. The van der Waals surface area contributed by atoms with Crippen LogP contribution in [0.4, 0.5) is 0 Å². The van der Waals surface area contributed by atoms with Gasteiger partial charge in [-0.2, -0.15) is 0 Å². The summed E-state index contributed by atoms with van der Waals surface area (Å²) in [7, 11) is 0. The monoisotopic (exact) mass is 280 g/mol. The van der Waals surface area contributed by atoms with Crippen LogP contribution in [0.25, 0.3) is 0 Å². The number of carbonyl (C=O) groups is 1. The first kappa shape index (κ1) is 16.3. The second-order valence-electron chi connectivity index (χ2n) is 4.97. The molecule has 0 spiro atoms. The molecular weight excluding hydrogens is 256 g/mol. The fourth-order valence-electron chi connectivity index (χ4n) is 2.05. The molecule has 2 N–H and O–H groups in total. The Morgan fingerprint density at radius 2 is 1.80 bits per heavy atom. The molecule has 1 atom stereocenters. The molecule has 1 rings (SSSR count). The highest BCUT2D eigenvalue weighted by Crippen LogP contribution is 2.26. The number of rotatable bonds is 10. The minimum Gasteiger partial charge on any atom is -0.504 e. The van der Waals surface area contributed by atoms with Gasteiger partial charge in [0.15, 0.2) is 17.6 Å². The Labute approximate surface area is 120 Å². The van der Waals surface area contributed by atoms with E-state index in [0.29, 0.717) is 6.42 Å². The van der Waals surface area contributed by atoms with Crippen molar-refractivity contribution < 1.29 is 19.7 Å². The summed E-state index contributed by atoms with van der Waals surface area (Å²) in [5.74, 6) is -0.783. The SMILES string of the molecule is CCCCCCCCC(Oc1ccccc1O)C(=O)O. The maximum Gasteiger partial charge on any atom is 0.344 e. The number of phenols is 1. The first-order chi connectivity index (χ1) is 9.65. The maximum absolute atomic E-state index is 11.2. The van der Waals surface area contributed by atoms with Crippen molar-refractivity contribution in [1.82, 2.24) is 0 Å². The average Bonchev–Trinajstić information content (AvgIpc) is 2.43. The van der Waals surface area contributed by atoms with Gasteiger partial charge in [-0.05, 0) is 25.0 Å². The number of hydrogen-bond donors (Lipinski definition) is 2. The fraction of sp³-hybridized carbons (Fsp3) is 0.562. The van der Waals surface area contributed by atoms with E-state index in [2.05, 4.69) is 6.92 Å². The van der Waals surface area contributed by atoms with Crippen molar-refractivity contribution in [3.63, 3.8) is 0 Å². The second-order valence-corrected chi connectivity index (χ2v) is 4.97. The highest BCUT2D eigenvalue weighted by atomic mass is 16.5. The van der Waals surface area contributed by atoms with Gasteiger partial charge < -0.3 is 14.9 Å². The predicted molar refractivity (Wildman–Crippen MR) is 78.2 cm³/mol. The van der Waals surface area contributed by atoms with Crippen molar-refractivity contribution in [2.45, 2.75) is 58.0 Å². The van der Waals surface area contributed by atoms with E-state index in [1.54, 1.807) is 18.2 Å². The van der Waals surface area contributed by atoms with Crippen LogP contribution in [0.3, 0.4) is 0 Å². The van der Waals surface area contributed by atoms with Crippen LogP contribution in [0.2, 0.25) is 0 Å². The van der Waals surface area contributed by atoms with E-state index in [1.165, 1.54) is 25.3 Å². The van der Waals surface area contributed by atoms with Crippen LogP contribution in [0.1, 0.15) is 51.9 Å². The van der Waals surface area contributed by atoms with Gasteiger partial charge in [0, 0.05) is 0 Å². The van der Waals surface area contributed by atoms with Crippen LogP contribution in [-0.2, 0) is 4.79 Å². The van der Waals surface area contributed by atoms with Crippen molar-refractivity contribution in [2.75, 3.05) is 0 Å². The van der Waals surface area contributed by atoms with E-state index in [1.807, 2.05) is 0 Å². The van der Waals surface area contributed by atoms with Crippen LogP contribution >= 0.6 is 0 Å². The Morgan fingerprint density at radius 1 is 1.15 bits per heavy atom. The van der Waals surface area contributed by atoms with Crippen molar-refractivity contribution in [1.29, 1.82) is 0 Å². The summed E-state index contributed by atoms with van der Waals surface area (Å²) >= 11 is 0. The van der Waals surface area contributed by atoms with Gasteiger partial charge in [-0.1, -0.05) is 51.2 Å². The summed E-state index contributed by atoms with van der Waals surface area (Å²) in [6, 6.07) is 6.44. The van der Waals surface area contributed by atoms with Gasteiger partial charge in [0.05, 0.1) is 0 Å². The molecule has 1 unspecified atom stereocenters. The van der Waals surface area contributed by atoms with Gasteiger partial charge in [0.25, 0.3) is 0 Å². The number of aliphatic carboxylic acids is 1. The Hall–Kier alpha value is -1.71. The molecule has 0 amide bonds. The lowest BCUT2D eigenvalue weighted by molar-refractivity contribution is -0.145. The molecule has 0 bridgehead atoms. The second kappa shape index (κ2) is 9.23. The van der Waals surface area contributed by atoms with Gasteiger partial charge in [-0.25, -0.2) is 4.79 Å². The van der Waals surface area contributed by atoms with E-state index in [0.717, 1.165) is 19.3 Å². The molecule has 0 saturated heterocycles. The number of para-hydroxylation sites is 2. The number of hydrogen-bond acceptors (Lipinski definition) is 3. The quantitative estimate of drug-likeness (QED) is 0.636. The average molecular weight is 280 g/mol. The first-order valence-corrected chi connectivity index (χ1v) is 7.32. The molecule has 0 aromatic heterocycles. The molecule has 112 valence electrons. The zero-order valence-corrected chi connectivity index (χ0v) is 12.0. The standard InChI is InChI=1S/C16H24O4/c1-2-3-4-5-6-7-12-15(16(18)19)20-14-11-9-8-10-13(14)17/h8-11,15,17H,2-7,12H2,1H3,(H,18,19). The van der Waals surface area contributed by atoms with E-state index >= 15 is 0 Å². The Bertz CT molecular complexity index is 403. The number of aromatic hydroxyl groups is 1. The van der Waals surface area contributed by atoms with E-state index < -0.39 is 12.1 Å². The normalized spacial score (nSPS) is 12.1. The maximum atomic E-state index is 11.2. The lowest BCUT2D eigenvalue weighted by Gasteiger charge is -2.15. The van der Waals surface area contributed by atoms with Gasteiger partial charge in [0.2, 0.25) is 0 Å². The summed E-state index contributed by atoms with van der Waals surface area (Å²) in [5, 5.41) is 18.8. The summed E-state index contributed by atoms with van der Waals surface area (Å²) < 4.78 is 5.38. The molecule has 4 heteroatoms. The number of ether oxygens (including phenoxy) is 1. The molecule has 20 heavy (non-hydrogen) atoms. The third-order valence-electron chi connectivity index (χ3n) is 3.23. The Balaban J connectivity index is 2.38. The molecule has 1 aromatic carbocycles. The minimum atomic E-state index is -0.984. The minimum absolute atomic E-state index is 0.0262. The van der Waals surface area contributed by atoms with Gasteiger partial charge in [-0.15, -0.1) is 0 Å². The molecular formula is C16H24O4. The van der Waals surface area contributed by atoms with Crippen LogP contribution < -0.4 is 4.74 Å². The topological polar surface area (TPSA) is 66.8 Å². The van der Waals surface area contributed by atoms with Crippen molar-refractivity contribution in [2.24, 2.45) is 0 Å². The summed E-state index contributed by atoms with van der Waals surface area (Å²) in [6.07, 6.45) is 6.20. The van der Waals surface area contributed by atoms with Gasteiger partial charge in [0.1, 0.15) is 0 Å². The van der Waals surface area contributed by atoms with Crippen LogP contribution in [0.15, 0.2) is 24.3 Å². The number of carboxylic acid groups (broad SMARTS) is 1. The third-order valence-corrected chi connectivity index (χ3v) is 3.23. The highest BCUT2D eigenvalue weighted by Gasteiger charge is 2.20. The lowest BCUT2D eigenvalue weighted by atomic mass is 10.1. The summed E-state index contributed by atoms with van der Waals surface area (Å²) in [6.45, 7) is 2.17. The van der Waals surface area contributed by atoms with Crippen molar-refractivity contribution in [3.8, 4) is 11.5 Å². The van der Waals surface area contributed by atoms with Crippen molar-refractivity contribution in [3.05, 3.63) is 24.3 Å². The highest BCUT2D eigenvalue weighted by molar-refractivity contribution is 5.72. The first-order valence-electron chi connectivity index (χ1n) is 7.32. The molecule has 0 aliphatic rings. The third kappa shape index (κ3) is 5.95. The molecule has 0 aliphatic carbocycles. The number of phenolic OH excluding ortho intramolecular Hbond substituents is 1. The van der Waals surface area contributed by atoms with E-state index in [4.69, 9.17) is 9.84 Å². The Morgan fingerprint density at radius 3 is 2.45 bits per heavy atom. The fourth-order valence-corrected chi connectivity index (χ4v) is 2.05. The predicted octanol–water partition coefficient (Wildman–Crippen LogP) is 3.97. The molecule has 0 fully saturated rings. The molecule has 0 saturated carbocycles. The smallest absolute Gasteiger partial charge is 0.344 e. The lowest BCUT2D eigenvalue weighted by Crippen LogP contribution is -2.26. The zero-order chi connectivity index (χ0) is 14.8. The number of carboxylic acids is 1. The summed E-state index contributed by atoms with van der Waals surface area (Å²) in [4.78, 5) is 11.2. The van der Waals surface area contributed by atoms with E-state index in [-0.39, 0.29) is 11.5 Å². The van der Waals surface area contributed by atoms with Crippen molar-refractivity contribution >= 4 is 5.97 Å². The number of benzene rings is 1. The zero-order valence-electron chi connectivity index (χ0n) is 12.0. The van der Waals surface area contributed by atoms with Gasteiger partial charge in [-0.3, -0.25) is 0 Å². The van der Waals surface area contributed by atoms with Crippen LogP contribution in [0, 0.1) is 0 Å². The van der Waals surface area contributed by atoms with E-state index in [9.17, 15) is 9.90 Å². The Kier molecular flexibility index (Phi) is 7.55. The molecule has 0 heterocycles. The number of unbranched alkanes of at least 4 members (excludes halogenated alkanes) is 5. The summed E-state index contributed by atoms with van der Waals surface area (Å²) in [5.41, 5.74) is 0. The van der Waals surface area contributed by atoms with Gasteiger partial charge >= 0.3 is 5.97 Å².